The summed E-state index contributed by atoms with van der Waals surface area (Å²) in [6.07, 6.45) is 0.984. The highest BCUT2D eigenvalue weighted by Gasteiger charge is 2.14. The van der Waals surface area contributed by atoms with Crippen molar-refractivity contribution >= 4 is 11.6 Å². The van der Waals surface area contributed by atoms with Crippen molar-refractivity contribution in [2.45, 2.75) is 26.5 Å². The zero-order valence-electron chi connectivity index (χ0n) is 13.1. The quantitative estimate of drug-likeness (QED) is 0.890. The van der Waals surface area contributed by atoms with Gasteiger partial charge in [-0.2, -0.15) is 0 Å². The Labute approximate surface area is 133 Å². The molecule has 1 aromatic heterocycles. The molecule has 1 N–H and O–H groups in total. The van der Waals surface area contributed by atoms with E-state index in [1.165, 1.54) is 16.7 Å². The number of carbonyl (C=O) groups is 1. The van der Waals surface area contributed by atoms with E-state index in [1.807, 2.05) is 0 Å². The fraction of sp³-hybridized carbons (Fsp3) is 0.294. The van der Waals surface area contributed by atoms with Gasteiger partial charge in [0.15, 0.2) is 0 Å². The van der Waals surface area contributed by atoms with Crippen LogP contribution in [0.5, 0.6) is 0 Å². The van der Waals surface area contributed by atoms with Crippen LogP contribution in [0, 0.1) is 5.82 Å². The van der Waals surface area contributed by atoms with Crippen LogP contribution in [0.15, 0.2) is 47.4 Å². The van der Waals surface area contributed by atoms with Gasteiger partial charge in [0, 0.05) is 12.8 Å². The second kappa shape index (κ2) is 7.69. The van der Waals surface area contributed by atoms with Crippen molar-refractivity contribution in [3.05, 3.63) is 64.3 Å². The molecule has 23 heavy (non-hydrogen) atoms. The van der Waals surface area contributed by atoms with Crippen molar-refractivity contribution in [3.8, 4) is 0 Å². The van der Waals surface area contributed by atoms with Gasteiger partial charge in [0.1, 0.15) is 17.6 Å². The lowest BCUT2D eigenvalue weighted by atomic mass is 10.2. The van der Waals surface area contributed by atoms with Crippen LogP contribution in [-0.4, -0.2) is 23.2 Å². The maximum Gasteiger partial charge on any atom is 0.274 e. The summed E-state index contributed by atoms with van der Waals surface area (Å²) in [5, 5.41) is 2.57. The minimum Gasteiger partial charge on any atom is -0.369 e. The van der Waals surface area contributed by atoms with E-state index in [0.717, 1.165) is 5.56 Å². The summed E-state index contributed by atoms with van der Waals surface area (Å²) in [7, 11) is 0. The second-order valence-corrected chi connectivity index (χ2v) is 5.07. The smallest absolute Gasteiger partial charge is 0.274 e. The number of nitrogens with zero attached hydrogens (tertiary/aromatic N) is 1. The molecule has 0 aliphatic rings. The van der Waals surface area contributed by atoms with Crippen molar-refractivity contribution < 1.29 is 13.9 Å². The molecule has 0 saturated carbocycles. The molecule has 1 heterocycles. The standard InChI is InChI=1S/C17H19FN2O3/c1-3-23-12(2)16(21)19-15-5-4-10-20(17(15)22)11-13-6-8-14(18)9-7-13/h4-10,12H,3,11H2,1-2H3,(H,19,21)/t12-/m0/s1. The number of pyridine rings is 1. The molecule has 0 aliphatic heterocycles. The van der Waals surface area contributed by atoms with Gasteiger partial charge in [-0.05, 0) is 43.7 Å². The topological polar surface area (TPSA) is 60.3 Å². The number of hydrogen-bond donors (Lipinski definition) is 1. The van der Waals surface area contributed by atoms with Crippen LogP contribution < -0.4 is 10.9 Å². The molecule has 5 nitrogen and oxygen atoms in total. The lowest BCUT2D eigenvalue weighted by Crippen LogP contribution is -2.32. The van der Waals surface area contributed by atoms with E-state index < -0.39 is 6.10 Å². The first kappa shape index (κ1) is 16.9. The maximum atomic E-state index is 12.9. The van der Waals surface area contributed by atoms with E-state index in [2.05, 4.69) is 5.32 Å². The first-order valence-electron chi connectivity index (χ1n) is 7.37. The number of hydrogen-bond acceptors (Lipinski definition) is 3. The Bertz CT molecular complexity index is 725. The molecule has 1 amide bonds. The molecule has 0 spiro atoms. The molecule has 2 rings (SSSR count). The Hall–Kier alpha value is -2.47. The number of rotatable bonds is 6. The summed E-state index contributed by atoms with van der Waals surface area (Å²) in [4.78, 5) is 24.3. The summed E-state index contributed by atoms with van der Waals surface area (Å²) >= 11 is 0. The number of aromatic nitrogens is 1. The number of anilines is 1. The fourth-order valence-corrected chi connectivity index (χ4v) is 2.10. The number of carbonyl (C=O) groups excluding carboxylic acids is 1. The molecular formula is C17H19FN2O3. The first-order valence-corrected chi connectivity index (χ1v) is 7.37. The van der Waals surface area contributed by atoms with Gasteiger partial charge in [0.05, 0.1) is 6.54 Å². The van der Waals surface area contributed by atoms with E-state index in [-0.39, 0.29) is 23.0 Å². The first-order chi connectivity index (χ1) is 11.0. The average Bonchev–Trinajstić information content (AvgIpc) is 2.53. The number of nitrogens with one attached hydrogen (secondary N) is 1. The molecule has 0 fully saturated rings. The van der Waals surface area contributed by atoms with Crippen LogP contribution in [-0.2, 0) is 16.1 Å². The lowest BCUT2D eigenvalue weighted by Gasteiger charge is -2.13. The van der Waals surface area contributed by atoms with E-state index in [9.17, 15) is 14.0 Å². The summed E-state index contributed by atoms with van der Waals surface area (Å²) in [5.41, 5.74) is 0.652. The molecule has 2 aromatic rings. The Morgan fingerprint density at radius 3 is 2.65 bits per heavy atom. The Morgan fingerprint density at radius 2 is 2.00 bits per heavy atom. The van der Waals surface area contributed by atoms with Gasteiger partial charge in [-0.3, -0.25) is 9.59 Å². The molecule has 1 aromatic carbocycles. The Balaban J connectivity index is 2.16. The third kappa shape index (κ3) is 4.50. The largest absolute Gasteiger partial charge is 0.369 e. The maximum absolute atomic E-state index is 12.9. The molecular weight excluding hydrogens is 299 g/mol. The van der Waals surface area contributed by atoms with Gasteiger partial charge in [0.2, 0.25) is 0 Å². The zero-order valence-corrected chi connectivity index (χ0v) is 13.1. The number of amides is 1. The van der Waals surface area contributed by atoms with Gasteiger partial charge in [-0.15, -0.1) is 0 Å². The predicted molar refractivity (Wildman–Crippen MR) is 85.9 cm³/mol. The molecule has 0 bridgehead atoms. The molecule has 1 atom stereocenters. The van der Waals surface area contributed by atoms with Gasteiger partial charge in [0.25, 0.3) is 11.5 Å². The normalized spacial score (nSPS) is 12.0. The van der Waals surface area contributed by atoms with Crippen LogP contribution in [0.2, 0.25) is 0 Å². The minimum absolute atomic E-state index is 0.186. The second-order valence-electron chi connectivity index (χ2n) is 5.07. The molecule has 0 saturated heterocycles. The molecule has 122 valence electrons. The van der Waals surface area contributed by atoms with Crippen LogP contribution >= 0.6 is 0 Å². The highest BCUT2D eigenvalue weighted by atomic mass is 19.1. The van der Waals surface area contributed by atoms with Crippen molar-refractivity contribution in [1.29, 1.82) is 0 Å². The van der Waals surface area contributed by atoms with Gasteiger partial charge in [-0.25, -0.2) is 4.39 Å². The summed E-state index contributed by atoms with van der Waals surface area (Å²) in [6.45, 7) is 4.13. The van der Waals surface area contributed by atoms with Crippen molar-refractivity contribution in [1.82, 2.24) is 4.57 Å². The van der Waals surface area contributed by atoms with Crippen molar-refractivity contribution in [3.63, 3.8) is 0 Å². The number of halogens is 1. The molecule has 0 radical (unpaired) electrons. The highest BCUT2D eigenvalue weighted by molar-refractivity contribution is 5.93. The highest BCUT2D eigenvalue weighted by Crippen LogP contribution is 2.06. The summed E-state index contributed by atoms with van der Waals surface area (Å²) in [6, 6.07) is 9.13. The van der Waals surface area contributed by atoms with E-state index in [4.69, 9.17) is 4.74 Å². The monoisotopic (exact) mass is 318 g/mol. The zero-order chi connectivity index (χ0) is 16.8. The van der Waals surface area contributed by atoms with E-state index in [0.29, 0.717) is 13.2 Å². The van der Waals surface area contributed by atoms with Gasteiger partial charge >= 0.3 is 0 Å². The Morgan fingerprint density at radius 1 is 1.30 bits per heavy atom. The molecule has 0 aliphatic carbocycles. The van der Waals surface area contributed by atoms with E-state index >= 15 is 0 Å². The minimum atomic E-state index is -0.634. The lowest BCUT2D eigenvalue weighted by molar-refractivity contribution is -0.126. The van der Waals surface area contributed by atoms with Crippen LogP contribution in [0.25, 0.3) is 0 Å². The van der Waals surface area contributed by atoms with Crippen molar-refractivity contribution in [2.24, 2.45) is 0 Å². The summed E-state index contributed by atoms with van der Waals surface area (Å²) < 4.78 is 19.6. The van der Waals surface area contributed by atoms with Gasteiger partial charge < -0.3 is 14.6 Å². The third-order valence-electron chi connectivity index (χ3n) is 3.33. The van der Waals surface area contributed by atoms with Crippen LogP contribution in [0.1, 0.15) is 19.4 Å². The average molecular weight is 318 g/mol. The molecule has 6 heteroatoms. The SMILES string of the molecule is CCO[C@@H](C)C(=O)Nc1cccn(Cc2ccc(F)cc2)c1=O. The fourth-order valence-electron chi connectivity index (χ4n) is 2.10. The van der Waals surface area contributed by atoms with Crippen molar-refractivity contribution in [2.75, 3.05) is 11.9 Å². The number of benzene rings is 1. The third-order valence-corrected chi connectivity index (χ3v) is 3.33. The molecule has 0 unspecified atom stereocenters. The van der Waals surface area contributed by atoms with E-state index in [1.54, 1.807) is 44.3 Å². The van der Waals surface area contributed by atoms with Crippen LogP contribution in [0.4, 0.5) is 10.1 Å². The Kier molecular flexibility index (Phi) is 5.65. The number of ether oxygens (including phenoxy) is 1. The van der Waals surface area contributed by atoms with Crippen LogP contribution in [0.3, 0.4) is 0 Å². The van der Waals surface area contributed by atoms with Gasteiger partial charge in [-0.1, -0.05) is 12.1 Å². The summed E-state index contributed by atoms with van der Waals surface area (Å²) in [5.74, 6) is -0.699. The predicted octanol–water partition coefficient (Wildman–Crippen LogP) is 2.40.